The van der Waals surface area contributed by atoms with Gasteiger partial charge in [-0.1, -0.05) is 30.0 Å². The van der Waals surface area contributed by atoms with Crippen LogP contribution in [0.25, 0.3) is 0 Å². The van der Waals surface area contributed by atoms with Gasteiger partial charge < -0.3 is 9.42 Å². The van der Waals surface area contributed by atoms with Gasteiger partial charge in [0, 0.05) is 24.7 Å². The molecular weight excluding hydrogens is 274 g/mol. The van der Waals surface area contributed by atoms with Crippen LogP contribution in [0.2, 0.25) is 0 Å². The normalized spacial score (nSPS) is 27.9. The number of hydrogen-bond acceptors (Lipinski definition) is 4. The molecule has 20 heavy (non-hydrogen) atoms. The van der Waals surface area contributed by atoms with E-state index in [4.69, 9.17) is 16.1 Å². The maximum Gasteiger partial charge on any atom is 0.241 e. The highest BCUT2D eigenvalue weighted by Crippen LogP contribution is 2.57. The Morgan fingerprint density at radius 1 is 1.40 bits per heavy atom. The number of fused-ring (bicyclic) bond motifs is 1. The van der Waals surface area contributed by atoms with Crippen molar-refractivity contribution in [2.45, 2.75) is 18.7 Å². The Bertz CT molecular complexity index is 565. The Labute approximate surface area is 123 Å². The highest BCUT2D eigenvalue weighted by atomic mass is 35.5. The number of aromatic nitrogens is 2. The van der Waals surface area contributed by atoms with E-state index in [1.54, 1.807) is 0 Å². The van der Waals surface area contributed by atoms with Gasteiger partial charge in [0.05, 0.1) is 0 Å². The zero-order chi connectivity index (χ0) is 14.3. The summed E-state index contributed by atoms with van der Waals surface area (Å²) in [6.45, 7) is 12.0. The molecule has 0 N–H and O–H groups in total. The Hall–Kier alpha value is -1.55. The molecule has 2 unspecified atom stereocenters. The van der Waals surface area contributed by atoms with Crippen LogP contribution in [0.4, 0.5) is 0 Å². The van der Waals surface area contributed by atoms with Gasteiger partial charge >= 0.3 is 0 Å². The molecule has 0 radical (unpaired) electrons. The van der Waals surface area contributed by atoms with Crippen molar-refractivity contribution in [2.75, 3.05) is 13.1 Å². The van der Waals surface area contributed by atoms with E-state index >= 15 is 0 Å². The third-order valence-corrected chi connectivity index (χ3v) is 4.29. The van der Waals surface area contributed by atoms with Crippen molar-refractivity contribution in [1.29, 1.82) is 0 Å². The Morgan fingerprint density at radius 2 is 2.10 bits per heavy atom. The maximum absolute atomic E-state index is 5.68. The van der Waals surface area contributed by atoms with Crippen molar-refractivity contribution in [3.63, 3.8) is 0 Å². The van der Waals surface area contributed by atoms with Crippen molar-refractivity contribution in [1.82, 2.24) is 15.0 Å². The van der Waals surface area contributed by atoms with Gasteiger partial charge in [-0.25, -0.2) is 0 Å². The van der Waals surface area contributed by atoms with Crippen molar-refractivity contribution < 1.29 is 4.52 Å². The lowest BCUT2D eigenvalue weighted by Crippen LogP contribution is -2.22. The van der Waals surface area contributed by atoms with E-state index in [2.05, 4.69) is 28.2 Å². The molecule has 0 amide bonds. The van der Waals surface area contributed by atoms with E-state index < -0.39 is 0 Å². The second-order valence-electron chi connectivity index (χ2n) is 5.61. The largest absolute Gasteiger partial charge is 0.371 e. The van der Waals surface area contributed by atoms with E-state index in [0.717, 1.165) is 30.2 Å². The first-order chi connectivity index (χ1) is 9.60. The third-order valence-electron chi connectivity index (χ3n) is 4.06. The second kappa shape index (κ2) is 5.09. The molecule has 2 fully saturated rings. The van der Waals surface area contributed by atoms with Crippen LogP contribution in [0.3, 0.4) is 0 Å². The highest BCUT2D eigenvalue weighted by Gasteiger charge is 2.58. The van der Waals surface area contributed by atoms with Crippen LogP contribution in [0.5, 0.6) is 0 Å². The number of hydrogen-bond donors (Lipinski definition) is 0. The summed E-state index contributed by atoms with van der Waals surface area (Å²) in [5.41, 5.74) is 2.09. The molecule has 1 aromatic rings. The Kier molecular flexibility index (Phi) is 3.42. The van der Waals surface area contributed by atoms with Crippen LogP contribution in [-0.4, -0.2) is 28.1 Å². The smallest absolute Gasteiger partial charge is 0.241 e. The van der Waals surface area contributed by atoms with Gasteiger partial charge in [-0.3, -0.25) is 0 Å². The maximum atomic E-state index is 5.68. The summed E-state index contributed by atoms with van der Waals surface area (Å²) in [5.74, 6) is 3.28. The number of piperidine rings is 1. The van der Waals surface area contributed by atoms with E-state index in [0.29, 0.717) is 23.6 Å². The Balaban J connectivity index is 1.58. The zero-order valence-electron chi connectivity index (χ0n) is 11.6. The molecule has 2 heterocycles. The fourth-order valence-corrected chi connectivity index (χ4v) is 3.05. The van der Waals surface area contributed by atoms with E-state index in [1.807, 2.05) is 19.1 Å². The van der Waals surface area contributed by atoms with Gasteiger partial charge in [0.2, 0.25) is 5.89 Å². The van der Waals surface area contributed by atoms with Crippen molar-refractivity contribution in [3.8, 4) is 0 Å². The number of halogens is 1. The van der Waals surface area contributed by atoms with Gasteiger partial charge in [0.25, 0.3) is 0 Å². The fourth-order valence-electron chi connectivity index (χ4n) is 2.95. The van der Waals surface area contributed by atoms with Crippen molar-refractivity contribution in [3.05, 3.63) is 48.3 Å². The molecule has 2 aliphatic rings. The SMILES string of the molecule is C=C(C)/C=C\C(=C)N1CC2C(C1)C2c1noc(CCl)n1. The summed E-state index contributed by atoms with van der Waals surface area (Å²) in [5, 5.41) is 4.02. The van der Waals surface area contributed by atoms with Crippen LogP contribution in [-0.2, 0) is 5.88 Å². The van der Waals surface area contributed by atoms with Gasteiger partial charge in [-0.05, 0) is 24.8 Å². The van der Waals surface area contributed by atoms with Crippen LogP contribution < -0.4 is 0 Å². The fraction of sp³-hybridized carbons (Fsp3) is 0.467. The molecular formula is C15H18ClN3O. The van der Waals surface area contributed by atoms with Crippen molar-refractivity contribution in [2.24, 2.45) is 11.8 Å². The Morgan fingerprint density at radius 3 is 2.65 bits per heavy atom. The molecule has 1 aliphatic heterocycles. The minimum absolute atomic E-state index is 0.281. The van der Waals surface area contributed by atoms with Gasteiger partial charge in [-0.2, -0.15) is 4.98 Å². The van der Waals surface area contributed by atoms with Crippen molar-refractivity contribution >= 4 is 11.6 Å². The average molecular weight is 292 g/mol. The lowest BCUT2D eigenvalue weighted by molar-refractivity contribution is 0.365. The van der Waals surface area contributed by atoms with Gasteiger partial charge in [-0.15, -0.1) is 11.6 Å². The van der Waals surface area contributed by atoms with Gasteiger partial charge in [0.15, 0.2) is 5.82 Å². The predicted octanol–water partition coefficient (Wildman–Crippen LogP) is 3.10. The standard InChI is InChI=1S/C15H18ClN3O/c1-9(2)4-5-10(3)19-7-11-12(8-19)14(11)15-17-13(6-16)20-18-15/h4-5,11-12,14H,1,3,6-8H2,2H3/b5-4-. The summed E-state index contributed by atoms with van der Waals surface area (Å²) in [7, 11) is 0. The second-order valence-corrected chi connectivity index (χ2v) is 5.88. The molecule has 5 heteroatoms. The first-order valence-corrected chi connectivity index (χ1v) is 7.29. The minimum atomic E-state index is 0.281. The quantitative estimate of drug-likeness (QED) is 0.617. The van der Waals surface area contributed by atoms with Crippen LogP contribution >= 0.6 is 11.6 Å². The molecule has 1 saturated heterocycles. The number of allylic oxidation sites excluding steroid dienone is 3. The first kappa shape index (κ1) is 13.4. The lowest BCUT2D eigenvalue weighted by atomic mass is 10.2. The number of likely N-dealkylation sites (tertiary alicyclic amines) is 1. The third kappa shape index (κ3) is 2.40. The summed E-state index contributed by atoms with van der Waals surface area (Å²) < 4.78 is 5.07. The van der Waals surface area contributed by atoms with E-state index in [9.17, 15) is 0 Å². The molecule has 2 atom stereocenters. The number of nitrogens with zero attached hydrogens (tertiary/aromatic N) is 3. The topological polar surface area (TPSA) is 42.2 Å². The van der Waals surface area contributed by atoms with Crippen LogP contribution in [0.15, 0.2) is 41.1 Å². The zero-order valence-corrected chi connectivity index (χ0v) is 12.3. The molecule has 106 valence electrons. The summed E-state index contributed by atoms with van der Waals surface area (Å²) >= 11 is 5.68. The highest BCUT2D eigenvalue weighted by molar-refractivity contribution is 6.16. The van der Waals surface area contributed by atoms with Gasteiger partial charge in [0.1, 0.15) is 5.88 Å². The molecule has 0 aromatic carbocycles. The number of rotatable bonds is 5. The molecule has 1 aliphatic carbocycles. The average Bonchev–Trinajstić information content (AvgIpc) is 2.87. The molecule has 4 nitrogen and oxygen atoms in total. The predicted molar refractivity (Wildman–Crippen MR) is 78.2 cm³/mol. The molecule has 3 rings (SSSR count). The lowest BCUT2D eigenvalue weighted by Gasteiger charge is -2.21. The monoisotopic (exact) mass is 291 g/mol. The molecule has 1 aromatic heterocycles. The minimum Gasteiger partial charge on any atom is -0.371 e. The molecule has 0 bridgehead atoms. The number of alkyl halides is 1. The first-order valence-electron chi connectivity index (χ1n) is 6.76. The summed E-state index contributed by atoms with van der Waals surface area (Å²) in [4.78, 5) is 6.64. The van der Waals surface area contributed by atoms with E-state index in [-0.39, 0.29) is 5.88 Å². The molecule has 1 saturated carbocycles. The van der Waals surface area contributed by atoms with E-state index in [1.165, 1.54) is 0 Å². The van der Waals surface area contributed by atoms with Crippen LogP contribution in [0, 0.1) is 11.8 Å². The van der Waals surface area contributed by atoms with Crippen LogP contribution in [0.1, 0.15) is 24.6 Å². The molecule has 0 spiro atoms. The summed E-state index contributed by atoms with van der Waals surface area (Å²) in [6.07, 6.45) is 4.03. The summed E-state index contributed by atoms with van der Waals surface area (Å²) in [6, 6.07) is 0.